The Morgan fingerprint density at radius 3 is 2.97 bits per heavy atom. The summed E-state index contributed by atoms with van der Waals surface area (Å²) >= 11 is 1.28. The second-order valence-corrected chi connectivity index (χ2v) is 8.40. The first-order chi connectivity index (χ1) is 13.9. The maximum absolute atomic E-state index is 13.7. The molecule has 29 heavy (non-hydrogen) atoms. The zero-order chi connectivity index (χ0) is 20.2. The lowest BCUT2D eigenvalue weighted by molar-refractivity contribution is -0.0559. The van der Waals surface area contributed by atoms with Gasteiger partial charge < -0.3 is 4.90 Å². The number of fused-ring (bicyclic) bond motifs is 2. The van der Waals surface area contributed by atoms with E-state index in [0.29, 0.717) is 29.0 Å². The van der Waals surface area contributed by atoms with E-state index in [1.54, 1.807) is 16.9 Å². The predicted octanol–water partition coefficient (Wildman–Crippen LogP) is 4.12. The largest absolute Gasteiger partial charge is 0.332 e. The van der Waals surface area contributed by atoms with Crippen LogP contribution in [0.2, 0.25) is 0 Å². The SMILES string of the molecule is Cn1cc2cc(-c3ccc4sc(C(=O)N5CCCC(F)(F)C5)cc4n3)cnc2n1. The van der Waals surface area contributed by atoms with Crippen LogP contribution in [0.5, 0.6) is 0 Å². The van der Waals surface area contributed by atoms with Gasteiger partial charge in [-0.25, -0.2) is 18.7 Å². The number of aromatic nitrogens is 4. The van der Waals surface area contributed by atoms with Gasteiger partial charge in [-0.15, -0.1) is 11.3 Å². The number of carbonyl (C=O) groups excluding carboxylic acids is 1. The molecular weight excluding hydrogens is 396 g/mol. The molecule has 148 valence electrons. The maximum atomic E-state index is 13.7. The number of piperidine rings is 1. The monoisotopic (exact) mass is 413 g/mol. The lowest BCUT2D eigenvalue weighted by atomic mass is 10.1. The first kappa shape index (κ1) is 18.1. The highest BCUT2D eigenvalue weighted by Gasteiger charge is 2.37. The van der Waals surface area contributed by atoms with Crippen molar-refractivity contribution in [1.29, 1.82) is 0 Å². The number of aryl methyl sites for hydroxylation is 1. The molecule has 4 aromatic rings. The van der Waals surface area contributed by atoms with Crippen LogP contribution in [-0.4, -0.2) is 49.6 Å². The highest BCUT2D eigenvalue weighted by molar-refractivity contribution is 7.20. The van der Waals surface area contributed by atoms with Crippen molar-refractivity contribution in [3.05, 3.63) is 41.5 Å². The van der Waals surface area contributed by atoms with E-state index in [1.807, 2.05) is 31.4 Å². The van der Waals surface area contributed by atoms with E-state index >= 15 is 0 Å². The fraction of sp³-hybridized carbons (Fsp3) is 0.300. The summed E-state index contributed by atoms with van der Waals surface area (Å²) in [5.74, 6) is -3.17. The van der Waals surface area contributed by atoms with Gasteiger partial charge >= 0.3 is 0 Å². The summed E-state index contributed by atoms with van der Waals surface area (Å²) in [7, 11) is 1.84. The minimum absolute atomic E-state index is 0.163. The van der Waals surface area contributed by atoms with Crippen LogP contribution < -0.4 is 0 Å². The van der Waals surface area contributed by atoms with Gasteiger partial charge in [0.2, 0.25) is 0 Å². The van der Waals surface area contributed by atoms with E-state index in [1.165, 1.54) is 16.2 Å². The van der Waals surface area contributed by atoms with Crippen molar-refractivity contribution in [3.8, 4) is 11.3 Å². The Kier molecular flexibility index (Phi) is 4.09. The Labute approximate surface area is 168 Å². The molecule has 1 saturated heterocycles. The number of pyridine rings is 2. The Balaban J connectivity index is 1.47. The van der Waals surface area contributed by atoms with Gasteiger partial charge in [-0.1, -0.05) is 0 Å². The number of likely N-dealkylation sites (tertiary alicyclic amines) is 1. The van der Waals surface area contributed by atoms with Crippen LogP contribution in [0.15, 0.2) is 36.7 Å². The minimum Gasteiger partial charge on any atom is -0.332 e. The molecule has 0 unspecified atom stereocenters. The lowest BCUT2D eigenvalue weighted by Gasteiger charge is -2.32. The van der Waals surface area contributed by atoms with Gasteiger partial charge in [0.1, 0.15) is 0 Å². The molecule has 5 rings (SSSR count). The molecule has 1 fully saturated rings. The molecule has 0 bridgehead atoms. The van der Waals surface area contributed by atoms with Gasteiger partial charge in [0.25, 0.3) is 11.8 Å². The molecule has 1 amide bonds. The Hall–Kier alpha value is -2.94. The minimum atomic E-state index is -2.81. The maximum Gasteiger partial charge on any atom is 0.265 e. The number of rotatable bonds is 2. The average molecular weight is 413 g/mol. The number of thiophene rings is 1. The Morgan fingerprint density at radius 2 is 2.14 bits per heavy atom. The summed E-state index contributed by atoms with van der Waals surface area (Å²) in [4.78, 5) is 23.4. The molecule has 0 aliphatic carbocycles. The third-order valence-electron chi connectivity index (χ3n) is 5.03. The number of nitrogens with zero attached hydrogens (tertiary/aromatic N) is 5. The fourth-order valence-corrected chi connectivity index (χ4v) is 4.63. The van der Waals surface area contributed by atoms with E-state index in [2.05, 4.69) is 15.1 Å². The number of hydrogen-bond acceptors (Lipinski definition) is 5. The van der Waals surface area contributed by atoms with Gasteiger partial charge in [-0.3, -0.25) is 9.48 Å². The first-order valence-electron chi connectivity index (χ1n) is 9.25. The van der Waals surface area contributed by atoms with E-state index in [-0.39, 0.29) is 12.3 Å². The third-order valence-corrected chi connectivity index (χ3v) is 6.11. The zero-order valence-corrected chi connectivity index (χ0v) is 16.4. The quantitative estimate of drug-likeness (QED) is 0.496. The smallest absolute Gasteiger partial charge is 0.265 e. The molecule has 1 aliphatic heterocycles. The molecule has 0 radical (unpaired) electrons. The van der Waals surface area contributed by atoms with Crippen LogP contribution in [0, 0.1) is 0 Å². The Morgan fingerprint density at radius 1 is 1.28 bits per heavy atom. The molecule has 9 heteroatoms. The molecule has 0 spiro atoms. The number of hydrogen-bond donors (Lipinski definition) is 0. The van der Waals surface area contributed by atoms with Crippen LogP contribution in [0.25, 0.3) is 32.5 Å². The predicted molar refractivity (Wildman–Crippen MR) is 107 cm³/mol. The average Bonchev–Trinajstić information content (AvgIpc) is 3.27. The molecule has 6 nitrogen and oxygen atoms in total. The zero-order valence-electron chi connectivity index (χ0n) is 15.6. The highest BCUT2D eigenvalue weighted by atomic mass is 32.1. The molecule has 4 aromatic heterocycles. The van der Waals surface area contributed by atoms with Gasteiger partial charge in [0.05, 0.1) is 27.3 Å². The topological polar surface area (TPSA) is 63.9 Å². The summed E-state index contributed by atoms with van der Waals surface area (Å²) in [6.45, 7) is -0.159. The van der Waals surface area contributed by atoms with Gasteiger partial charge in [-0.2, -0.15) is 5.10 Å². The molecule has 0 N–H and O–H groups in total. The van der Waals surface area contributed by atoms with E-state index in [9.17, 15) is 13.6 Å². The second-order valence-electron chi connectivity index (χ2n) is 7.32. The van der Waals surface area contributed by atoms with Crippen LogP contribution in [0.4, 0.5) is 8.78 Å². The van der Waals surface area contributed by atoms with Crippen molar-refractivity contribution in [1.82, 2.24) is 24.6 Å². The number of amides is 1. The van der Waals surface area contributed by atoms with Crippen molar-refractivity contribution < 1.29 is 13.6 Å². The number of alkyl halides is 2. The van der Waals surface area contributed by atoms with Gasteiger partial charge in [0.15, 0.2) is 5.65 Å². The highest BCUT2D eigenvalue weighted by Crippen LogP contribution is 2.32. The van der Waals surface area contributed by atoms with Crippen LogP contribution in [-0.2, 0) is 7.05 Å². The van der Waals surface area contributed by atoms with Crippen molar-refractivity contribution in [2.75, 3.05) is 13.1 Å². The van der Waals surface area contributed by atoms with Crippen molar-refractivity contribution in [3.63, 3.8) is 0 Å². The number of carbonyl (C=O) groups is 1. The fourth-order valence-electron chi connectivity index (χ4n) is 3.66. The molecule has 0 atom stereocenters. The van der Waals surface area contributed by atoms with Gasteiger partial charge in [-0.05, 0) is 30.7 Å². The molecular formula is C20H17F2N5OS. The molecule has 5 heterocycles. The lowest BCUT2D eigenvalue weighted by Crippen LogP contribution is -2.45. The third kappa shape index (κ3) is 3.35. The first-order valence-corrected chi connectivity index (χ1v) is 10.1. The summed E-state index contributed by atoms with van der Waals surface area (Å²) in [6.07, 6.45) is 3.76. The van der Waals surface area contributed by atoms with Crippen molar-refractivity contribution in [2.45, 2.75) is 18.8 Å². The van der Waals surface area contributed by atoms with E-state index < -0.39 is 12.5 Å². The summed E-state index contributed by atoms with van der Waals surface area (Å²) in [6, 6.07) is 7.44. The summed E-state index contributed by atoms with van der Waals surface area (Å²) in [5, 5.41) is 5.18. The Bertz CT molecular complexity index is 1250. The normalized spacial score (nSPS) is 16.6. The molecule has 0 saturated carbocycles. The van der Waals surface area contributed by atoms with Crippen molar-refractivity contribution >= 4 is 38.5 Å². The second kappa shape index (κ2) is 6.55. The van der Waals surface area contributed by atoms with Crippen molar-refractivity contribution in [2.24, 2.45) is 7.05 Å². The van der Waals surface area contributed by atoms with Crippen LogP contribution >= 0.6 is 11.3 Å². The summed E-state index contributed by atoms with van der Waals surface area (Å²) < 4.78 is 29.9. The van der Waals surface area contributed by atoms with E-state index in [4.69, 9.17) is 0 Å². The summed E-state index contributed by atoms with van der Waals surface area (Å²) in [5.41, 5.74) is 2.92. The number of halogens is 2. The van der Waals surface area contributed by atoms with Gasteiger partial charge in [0, 0.05) is 43.4 Å². The van der Waals surface area contributed by atoms with Crippen LogP contribution in [0.3, 0.4) is 0 Å². The molecule has 1 aliphatic rings. The molecule has 0 aromatic carbocycles. The van der Waals surface area contributed by atoms with Crippen LogP contribution in [0.1, 0.15) is 22.5 Å². The van der Waals surface area contributed by atoms with E-state index in [0.717, 1.165) is 21.3 Å². The standard InChI is InChI=1S/C20H17F2N5OS/c1-26-10-13-7-12(9-23-18(13)25-26)14-3-4-16-15(24-14)8-17(29-16)19(28)27-6-2-5-20(21,22)11-27/h3-4,7-10H,2,5-6,11H2,1H3.